The third-order valence-corrected chi connectivity index (χ3v) is 5.02. The smallest absolute Gasteiger partial charge is 0.230 e. The van der Waals surface area contributed by atoms with E-state index in [9.17, 15) is 4.79 Å². The number of hydrogen-bond donors (Lipinski definition) is 1. The number of nitrogens with zero attached hydrogens (tertiary/aromatic N) is 1. The minimum absolute atomic E-state index is 0.0472. The molecular weight excluding hydrogens is 332 g/mol. The number of aryl methyl sites for hydroxylation is 1. The number of nitrogens with one attached hydrogen (secondary N) is 1. The van der Waals surface area contributed by atoms with Gasteiger partial charge in [-0.05, 0) is 50.8 Å². The number of likely N-dealkylation sites (N-methyl/N-ethyl adjacent to an activating group) is 1. The summed E-state index contributed by atoms with van der Waals surface area (Å²) in [6.07, 6.45) is 0. The Morgan fingerprint density at radius 1 is 1.12 bits per heavy atom. The van der Waals surface area contributed by atoms with Crippen molar-refractivity contribution in [2.24, 2.45) is 0 Å². The maximum atomic E-state index is 12.2. The van der Waals surface area contributed by atoms with Gasteiger partial charge in [0.15, 0.2) is 0 Å². The number of carbonyl (C=O) groups excluding carboxylic acids is 1. The predicted molar refractivity (Wildman–Crippen MR) is 104 cm³/mol. The lowest BCUT2D eigenvalue weighted by atomic mass is 10.1. The Balaban J connectivity index is 1.87. The van der Waals surface area contributed by atoms with Gasteiger partial charge in [0.05, 0.1) is 18.9 Å². The van der Waals surface area contributed by atoms with Gasteiger partial charge in [0.1, 0.15) is 5.75 Å². The fourth-order valence-corrected chi connectivity index (χ4v) is 3.20. The molecule has 0 radical (unpaired) electrons. The average Bonchev–Trinajstić information content (AvgIpc) is 2.61. The van der Waals surface area contributed by atoms with Crippen molar-refractivity contribution in [1.29, 1.82) is 0 Å². The number of carbonyl (C=O) groups is 1. The third kappa shape index (κ3) is 6.11. The van der Waals surface area contributed by atoms with Gasteiger partial charge in [-0.3, -0.25) is 4.79 Å². The van der Waals surface area contributed by atoms with E-state index in [4.69, 9.17) is 4.74 Å². The number of thioether (sulfide) groups is 1. The van der Waals surface area contributed by atoms with Gasteiger partial charge in [-0.2, -0.15) is 0 Å². The van der Waals surface area contributed by atoms with Gasteiger partial charge in [-0.1, -0.05) is 29.8 Å². The number of rotatable bonds is 8. The van der Waals surface area contributed by atoms with Crippen LogP contribution in [0.25, 0.3) is 0 Å². The molecule has 0 aliphatic carbocycles. The summed E-state index contributed by atoms with van der Waals surface area (Å²) in [7, 11) is 5.69. The van der Waals surface area contributed by atoms with Crippen LogP contribution in [0.15, 0.2) is 53.4 Å². The molecule has 0 fully saturated rings. The molecule has 5 heteroatoms. The standard InChI is InChI=1S/C20H26N2O2S/c1-15-5-11-18(12-6-15)25-14-20(23)21-13-19(22(2)3)16-7-9-17(24-4)10-8-16/h5-12,19H,13-14H2,1-4H3,(H,21,23). The van der Waals surface area contributed by atoms with Gasteiger partial charge in [-0.15, -0.1) is 11.8 Å². The normalized spacial score (nSPS) is 12.0. The SMILES string of the molecule is COc1ccc(C(CNC(=O)CSc2ccc(C)cc2)N(C)C)cc1. The lowest BCUT2D eigenvalue weighted by Crippen LogP contribution is -2.35. The monoisotopic (exact) mass is 358 g/mol. The highest BCUT2D eigenvalue weighted by molar-refractivity contribution is 8.00. The molecule has 1 N–H and O–H groups in total. The summed E-state index contributed by atoms with van der Waals surface area (Å²) in [6.45, 7) is 2.63. The fraction of sp³-hybridized carbons (Fsp3) is 0.350. The molecule has 2 aromatic carbocycles. The minimum atomic E-state index is 0.0472. The van der Waals surface area contributed by atoms with Crippen molar-refractivity contribution in [3.05, 3.63) is 59.7 Å². The summed E-state index contributed by atoms with van der Waals surface area (Å²) in [6, 6.07) is 16.3. The number of benzene rings is 2. The maximum Gasteiger partial charge on any atom is 0.230 e. The van der Waals surface area contributed by atoms with Crippen LogP contribution in [0.5, 0.6) is 5.75 Å². The van der Waals surface area contributed by atoms with Crippen LogP contribution in [-0.4, -0.2) is 44.3 Å². The molecule has 0 heterocycles. The van der Waals surface area contributed by atoms with E-state index in [0.29, 0.717) is 12.3 Å². The second kappa shape index (κ2) is 9.49. The molecule has 1 atom stereocenters. The summed E-state index contributed by atoms with van der Waals surface area (Å²) in [5, 5.41) is 3.04. The zero-order valence-electron chi connectivity index (χ0n) is 15.3. The second-order valence-electron chi connectivity index (χ2n) is 6.16. The highest BCUT2D eigenvalue weighted by Crippen LogP contribution is 2.21. The fourth-order valence-electron chi connectivity index (χ4n) is 2.47. The topological polar surface area (TPSA) is 41.6 Å². The third-order valence-electron chi connectivity index (χ3n) is 4.01. The molecule has 0 spiro atoms. The van der Waals surface area contributed by atoms with Crippen LogP contribution in [0.4, 0.5) is 0 Å². The molecule has 0 bridgehead atoms. The molecule has 0 saturated carbocycles. The van der Waals surface area contributed by atoms with Crippen LogP contribution in [0.3, 0.4) is 0 Å². The Bertz CT molecular complexity index is 669. The quantitative estimate of drug-likeness (QED) is 0.733. The molecule has 0 aliphatic rings. The van der Waals surface area contributed by atoms with Gasteiger partial charge >= 0.3 is 0 Å². The lowest BCUT2D eigenvalue weighted by Gasteiger charge is -2.25. The van der Waals surface area contributed by atoms with Crippen molar-refractivity contribution < 1.29 is 9.53 Å². The van der Waals surface area contributed by atoms with Gasteiger partial charge in [-0.25, -0.2) is 0 Å². The van der Waals surface area contributed by atoms with Crippen LogP contribution in [0.1, 0.15) is 17.2 Å². The molecule has 0 saturated heterocycles. The summed E-state index contributed by atoms with van der Waals surface area (Å²) in [5.74, 6) is 1.30. The zero-order valence-corrected chi connectivity index (χ0v) is 16.1. The highest BCUT2D eigenvalue weighted by atomic mass is 32.2. The van der Waals surface area contributed by atoms with Crippen molar-refractivity contribution in [2.75, 3.05) is 33.5 Å². The summed E-state index contributed by atoms with van der Waals surface area (Å²) < 4.78 is 5.20. The highest BCUT2D eigenvalue weighted by Gasteiger charge is 2.15. The van der Waals surface area contributed by atoms with E-state index in [0.717, 1.165) is 16.2 Å². The second-order valence-corrected chi connectivity index (χ2v) is 7.21. The molecule has 1 amide bonds. The van der Waals surface area contributed by atoms with E-state index in [1.54, 1.807) is 18.9 Å². The number of hydrogen-bond acceptors (Lipinski definition) is 4. The molecule has 134 valence electrons. The Kier molecular flexibility index (Phi) is 7.34. The van der Waals surface area contributed by atoms with Crippen molar-refractivity contribution in [3.8, 4) is 5.75 Å². The van der Waals surface area contributed by atoms with Gasteiger partial charge < -0.3 is 15.0 Å². The van der Waals surface area contributed by atoms with Crippen LogP contribution in [0.2, 0.25) is 0 Å². The number of amides is 1. The van der Waals surface area contributed by atoms with Gasteiger partial charge in [0, 0.05) is 11.4 Å². The van der Waals surface area contributed by atoms with Gasteiger partial charge in [0.25, 0.3) is 0 Å². The molecule has 2 aromatic rings. The summed E-state index contributed by atoms with van der Waals surface area (Å²) >= 11 is 1.56. The first-order valence-electron chi connectivity index (χ1n) is 8.26. The largest absolute Gasteiger partial charge is 0.497 e. The number of ether oxygens (including phenoxy) is 1. The first-order chi connectivity index (χ1) is 12.0. The minimum Gasteiger partial charge on any atom is -0.497 e. The van der Waals surface area contributed by atoms with Crippen LogP contribution >= 0.6 is 11.8 Å². The first-order valence-corrected chi connectivity index (χ1v) is 9.24. The Labute approximate surface area is 154 Å². The zero-order chi connectivity index (χ0) is 18.2. The maximum absolute atomic E-state index is 12.2. The van der Waals surface area contributed by atoms with E-state index in [2.05, 4.69) is 29.3 Å². The van der Waals surface area contributed by atoms with Crippen LogP contribution in [0, 0.1) is 6.92 Å². The van der Waals surface area contributed by atoms with Gasteiger partial charge in [0.2, 0.25) is 5.91 Å². The van der Waals surface area contributed by atoms with E-state index in [-0.39, 0.29) is 11.9 Å². The van der Waals surface area contributed by atoms with Crippen LogP contribution in [-0.2, 0) is 4.79 Å². The molecule has 0 aromatic heterocycles. The average molecular weight is 359 g/mol. The Morgan fingerprint density at radius 3 is 2.32 bits per heavy atom. The molecule has 0 aliphatic heterocycles. The summed E-state index contributed by atoms with van der Waals surface area (Å²) in [4.78, 5) is 15.4. The number of methoxy groups -OCH3 is 1. The molecule has 2 rings (SSSR count). The van der Waals surface area contributed by atoms with Crippen molar-refractivity contribution in [3.63, 3.8) is 0 Å². The molecule has 1 unspecified atom stereocenters. The summed E-state index contributed by atoms with van der Waals surface area (Å²) in [5.41, 5.74) is 2.37. The molecular formula is C20H26N2O2S. The lowest BCUT2D eigenvalue weighted by molar-refractivity contribution is -0.118. The van der Waals surface area contributed by atoms with E-state index in [1.807, 2.05) is 50.5 Å². The van der Waals surface area contributed by atoms with Crippen LogP contribution < -0.4 is 10.1 Å². The molecule has 4 nitrogen and oxygen atoms in total. The van der Waals surface area contributed by atoms with Crippen molar-refractivity contribution in [1.82, 2.24) is 10.2 Å². The van der Waals surface area contributed by atoms with E-state index in [1.165, 1.54) is 5.56 Å². The van der Waals surface area contributed by atoms with E-state index >= 15 is 0 Å². The molecule has 25 heavy (non-hydrogen) atoms. The van der Waals surface area contributed by atoms with Crippen molar-refractivity contribution >= 4 is 17.7 Å². The Morgan fingerprint density at radius 2 is 1.76 bits per heavy atom. The Hall–Kier alpha value is -1.98. The van der Waals surface area contributed by atoms with E-state index < -0.39 is 0 Å². The van der Waals surface area contributed by atoms with Crippen molar-refractivity contribution in [2.45, 2.75) is 17.9 Å². The first kappa shape index (κ1) is 19.3. The predicted octanol–water partition coefficient (Wildman–Crippen LogP) is 3.51.